The van der Waals surface area contributed by atoms with E-state index in [1.807, 2.05) is 11.6 Å². The molecule has 0 saturated heterocycles. The van der Waals surface area contributed by atoms with E-state index in [1.165, 1.54) is 11.1 Å². The lowest BCUT2D eigenvalue weighted by atomic mass is 10.00. The van der Waals surface area contributed by atoms with Crippen LogP contribution in [0.2, 0.25) is 0 Å². The number of nitrogens with zero attached hydrogens (tertiary/aromatic N) is 3. The number of benzene rings is 1. The van der Waals surface area contributed by atoms with Gasteiger partial charge in [0, 0.05) is 13.1 Å². The van der Waals surface area contributed by atoms with E-state index in [-0.39, 0.29) is 0 Å². The van der Waals surface area contributed by atoms with Gasteiger partial charge in [-0.25, -0.2) is 4.68 Å². The molecule has 0 saturated carbocycles. The summed E-state index contributed by atoms with van der Waals surface area (Å²) in [5, 5.41) is 5.48. The number of rotatable bonds is 3. The van der Waals surface area contributed by atoms with Crippen molar-refractivity contribution in [3.8, 4) is 0 Å². The van der Waals surface area contributed by atoms with Gasteiger partial charge in [-0.3, -0.25) is 4.90 Å². The molecule has 0 fully saturated rings. The van der Waals surface area contributed by atoms with Crippen LogP contribution in [0.25, 0.3) is 5.57 Å². The van der Waals surface area contributed by atoms with Gasteiger partial charge in [0.25, 0.3) is 0 Å². The van der Waals surface area contributed by atoms with E-state index in [1.54, 1.807) is 11.3 Å². The third-order valence-corrected chi connectivity index (χ3v) is 4.70. The molecule has 3 rings (SSSR count). The Morgan fingerprint density at radius 1 is 1.30 bits per heavy atom. The molecule has 0 aliphatic carbocycles. The molecule has 0 N–H and O–H groups in total. The van der Waals surface area contributed by atoms with Crippen molar-refractivity contribution in [3.63, 3.8) is 0 Å². The van der Waals surface area contributed by atoms with Crippen LogP contribution in [0.15, 0.2) is 36.4 Å². The minimum Gasteiger partial charge on any atom is -0.280 e. The van der Waals surface area contributed by atoms with Gasteiger partial charge in [-0.05, 0) is 36.7 Å². The van der Waals surface area contributed by atoms with E-state index in [4.69, 9.17) is 12.2 Å². The molecule has 2 aromatic rings. The fourth-order valence-corrected chi connectivity index (χ4v) is 3.50. The Morgan fingerprint density at radius 2 is 2.10 bits per heavy atom. The summed E-state index contributed by atoms with van der Waals surface area (Å²) in [6.07, 6.45) is 3.40. The molecule has 0 amide bonds. The zero-order valence-corrected chi connectivity index (χ0v) is 13.1. The summed E-state index contributed by atoms with van der Waals surface area (Å²) < 4.78 is 2.79. The van der Waals surface area contributed by atoms with Crippen LogP contribution in [-0.4, -0.2) is 27.8 Å². The first-order valence-corrected chi connectivity index (χ1v) is 7.96. The SMILES string of the molecule is Cc1nn(CN2CC=C(c3ccccc3)CC2)c(=S)s1. The number of aryl methyl sites for hydroxylation is 1. The Bertz CT molecular complexity index is 670. The molecule has 2 heterocycles. The molecule has 1 aliphatic heterocycles. The highest BCUT2D eigenvalue weighted by Gasteiger charge is 2.14. The molecule has 0 atom stereocenters. The van der Waals surface area contributed by atoms with Crippen LogP contribution in [0, 0.1) is 10.9 Å². The average Bonchev–Trinajstić information content (AvgIpc) is 2.79. The van der Waals surface area contributed by atoms with Crippen LogP contribution < -0.4 is 0 Å². The first-order chi connectivity index (χ1) is 9.72. The van der Waals surface area contributed by atoms with E-state index in [9.17, 15) is 0 Å². The van der Waals surface area contributed by atoms with Gasteiger partial charge >= 0.3 is 0 Å². The zero-order valence-electron chi connectivity index (χ0n) is 11.5. The van der Waals surface area contributed by atoms with Gasteiger partial charge in [0.2, 0.25) is 0 Å². The third kappa shape index (κ3) is 3.06. The lowest BCUT2D eigenvalue weighted by Gasteiger charge is -2.26. The first-order valence-electron chi connectivity index (χ1n) is 6.74. The summed E-state index contributed by atoms with van der Waals surface area (Å²) in [5.41, 5.74) is 2.79. The van der Waals surface area contributed by atoms with Crippen molar-refractivity contribution in [2.75, 3.05) is 13.1 Å². The molecular weight excluding hydrogens is 286 g/mol. The van der Waals surface area contributed by atoms with E-state index >= 15 is 0 Å². The number of hydrogen-bond donors (Lipinski definition) is 0. The predicted molar refractivity (Wildman–Crippen MR) is 86.3 cm³/mol. The largest absolute Gasteiger partial charge is 0.280 e. The van der Waals surface area contributed by atoms with E-state index < -0.39 is 0 Å². The summed E-state index contributed by atoms with van der Waals surface area (Å²) >= 11 is 6.90. The van der Waals surface area contributed by atoms with Crippen molar-refractivity contribution in [1.29, 1.82) is 0 Å². The molecule has 3 nitrogen and oxygen atoms in total. The smallest absolute Gasteiger partial charge is 0.180 e. The van der Waals surface area contributed by atoms with Crippen LogP contribution in [0.5, 0.6) is 0 Å². The van der Waals surface area contributed by atoms with Gasteiger partial charge in [-0.2, -0.15) is 5.10 Å². The van der Waals surface area contributed by atoms with Crippen molar-refractivity contribution < 1.29 is 0 Å². The van der Waals surface area contributed by atoms with Crippen LogP contribution in [0.4, 0.5) is 0 Å². The van der Waals surface area contributed by atoms with Gasteiger partial charge in [0.05, 0.1) is 6.67 Å². The first kappa shape index (κ1) is 13.7. The van der Waals surface area contributed by atoms with Crippen molar-refractivity contribution in [3.05, 3.63) is 50.9 Å². The van der Waals surface area contributed by atoms with E-state index in [0.717, 1.165) is 35.1 Å². The minimum atomic E-state index is 0.793. The molecule has 0 unspecified atom stereocenters. The third-order valence-electron chi connectivity index (χ3n) is 3.48. The highest BCUT2D eigenvalue weighted by atomic mass is 32.1. The van der Waals surface area contributed by atoms with E-state index in [0.29, 0.717) is 0 Å². The van der Waals surface area contributed by atoms with Gasteiger partial charge in [-0.1, -0.05) is 47.7 Å². The van der Waals surface area contributed by atoms with Gasteiger partial charge in [0.1, 0.15) is 5.01 Å². The monoisotopic (exact) mass is 303 g/mol. The van der Waals surface area contributed by atoms with Crippen molar-refractivity contribution in [2.45, 2.75) is 20.0 Å². The Morgan fingerprint density at radius 3 is 2.70 bits per heavy atom. The maximum Gasteiger partial charge on any atom is 0.180 e. The predicted octanol–water partition coefficient (Wildman–Crippen LogP) is 3.73. The second-order valence-electron chi connectivity index (χ2n) is 4.95. The molecule has 104 valence electrons. The van der Waals surface area contributed by atoms with E-state index in [2.05, 4.69) is 46.4 Å². The summed E-state index contributed by atoms with van der Waals surface area (Å²) in [7, 11) is 0. The van der Waals surface area contributed by atoms with Crippen molar-refractivity contribution in [2.24, 2.45) is 0 Å². The zero-order chi connectivity index (χ0) is 13.9. The van der Waals surface area contributed by atoms with Crippen LogP contribution >= 0.6 is 23.6 Å². The Kier molecular flexibility index (Phi) is 4.10. The maximum atomic E-state index is 5.32. The lowest BCUT2D eigenvalue weighted by molar-refractivity contribution is 0.227. The Hall–Kier alpha value is -1.30. The van der Waals surface area contributed by atoms with Crippen LogP contribution in [0.3, 0.4) is 0 Å². The van der Waals surface area contributed by atoms with Crippen LogP contribution in [0.1, 0.15) is 17.0 Å². The number of aromatic nitrogens is 2. The highest BCUT2D eigenvalue weighted by molar-refractivity contribution is 7.73. The summed E-state index contributed by atoms with van der Waals surface area (Å²) in [5.74, 6) is 0. The Labute approximate surface area is 128 Å². The molecule has 0 radical (unpaired) electrons. The van der Waals surface area contributed by atoms with Crippen LogP contribution in [-0.2, 0) is 6.67 Å². The maximum absolute atomic E-state index is 5.32. The molecule has 0 spiro atoms. The fraction of sp³-hybridized carbons (Fsp3) is 0.333. The molecule has 1 aromatic heterocycles. The molecule has 1 aromatic carbocycles. The molecule has 0 bridgehead atoms. The summed E-state index contributed by atoms with van der Waals surface area (Å²) in [6.45, 7) is 4.81. The van der Waals surface area contributed by atoms with Gasteiger partial charge in [0.15, 0.2) is 3.95 Å². The topological polar surface area (TPSA) is 21.1 Å². The minimum absolute atomic E-state index is 0.793. The molecule has 5 heteroatoms. The van der Waals surface area contributed by atoms with Crippen molar-refractivity contribution >= 4 is 29.1 Å². The normalized spacial score (nSPS) is 16.1. The fourth-order valence-electron chi connectivity index (χ4n) is 2.44. The van der Waals surface area contributed by atoms with Gasteiger partial charge < -0.3 is 0 Å². The van der Waals surface area contributed by atoms with Crippen molar-refractivity contribution in [1.82, 2.24) is 14.7 Å². The summed E-state index contributed by atoms with van der Waals surface area (Å²) in [4.78, 5) is 2.38. The molecule has 20 heavy (non-hydrogen) atoms. The second kappa shape index (κ2) is 5.99. The molecular formula is C15H17N3S2. The standard InChI is InChI=1S/C15H17N3S2/c1-12-16-18(15(19)20-12)11-17-9-7-14(8-10-17)13-5-3-2-4-6-13/h2-7H,8-11H2,1H3. The average molecular weight is 303 g/mol. The second-order valence-corrected chi connectivity index (χ2v) is 6.78. The Balaban J connectivity index is 1.68. The molecule has 1 aliphatic rings. The lowest BCUT2D eigenvalue weighted by Crippen LogP contribution is -2.31. The van der Waals surface area contributed by atoms with Gasteiger partial charge in [-0.15, -0.1) is 0 Å². The quantitative estimate of drug-likeness (QED) is 0.806. The highest BCUT2D eigenvalue weighted by Crippen LogP contribution is 2.22. The number of hydrogen-bond acceptors (Lipinski definition) is 4. The summed E-state index contributed by atoms with van der Waals surface area (Å²) in [6, 6.07) is 10.6.